The third-order valence-corrected chi connectivity index (χ3v) is 2.14. The molecular formula is C9H10FN3. The van der Waals surface area contributed by atoms with Crippen molar-refractivity contribution in [1.82, 2.24) is 9.78 Å². The first-order valence-corrected chi connectivity index (χ1v) is 3.98. The molecule has 0 aliphatic heterocycles. The van der Waals surface area contributed by atoms with Gasteiger partial charge >= 0.3 is 0 Å². The second kappa shape index (κ2) is 2.45. The summed E-state index contributed by atoms with van der Waals surface area (Å²) in [6.45, 7) is 1.77. The second-order valence-corrected chi connectivity index (χ2v) is 3.07. The predicted octanol–water partition coefficient (Wildman–Crippen LogP) is 1.60. The molecule has 1 heterocycles. The molecule has 2 aromatic rings. The second-order valence-electron chi connectivity index (χ2n) is 3.07. The number of aromatic nitrogens is 2. The fourth-order valence-electron chi connectivity index (χ4n) is 1.60. The minimum atomic E-state index is -0.269. The number of hydrogen-bond donors (Lipinski definition) is 1. The first kappa shape index (κ1) is 8.04. The number of anilines is 1. The van der Waals surface area contributed by atoms with E-state index in [1.54, 1.807) is 24.7 Å². The van der Waals surface area contributed by atoms with Crippen molar-refractivity contribution in [3.8, 4) is 0 Å². The molecular weight excluding hydrogens is 169 g/mol. The number of nitrogens with zero attached hydrogens (tertiary/aromatic N) is 2. The summed E-state index contributed by atoms with van der Waals surface area (Å²) in [5, 5.41) is 4.62. The average molecular weight is 179 g/mol. The maximum atomic E-state index is 13.3. The van der Waals surface area contributed by atoms with E-state index >= 15 is 0 Å². The summed E-state index contributed by atoms with van der Waals surface area (Å²) in [7, 11) is 1.76. The molecule has 3 nitrogen and oxygen atoms in total. The molecule has 0 atom stereocenters. The van der Waals surface area contributed by atoms with Crippen LogP contribution in [0.1, 0.15) is 5.69 Å². The van der Waals surface area contributed by atoms with Gasteiger partial charge in [-0.25, -0.2) is 4.39 Å². The summed E-state index contributed by atoms with van der Waals surface area (Å²) < 4.78 is 14.9. The molecule has 0 saturated carbocycles. The Morgan fingerprint density at radius 1 is 1.46 bits per heavy atom. The van der Waals surface area contributed by atoms with Crippen LogP contribution in [0.4, 0.5) is 10.1 Å². The van der Waals surface area contributed by atoms with Crippen LogP contribution in [0.15, 0.2) is 12.1 Å². The van der Waals surface area contributed by atoms with E-state index in [9.17, 15) is 4.39 Å². The summed E-state index contributed by atoms with van der Waals surface area (Å²) in [6, 6.07) is 2.92. The van der Waals surface area contributed by atoms with Crippen molar-refractivity contribution in [2.45, 2.75) is 6.92 Å². The van der Waals surface area contributed by atoms with Gasteiger partial charge in [-0.15, -0.1) is 0 Å². The Morgan fingerprint density at radius 2 is 2.15 bits per heavy atom. The van der Waals surface area contributed by atoms with Gasteiger partial charge < -0.3 is 5.73 Å². The van der Waals surface area contributed by atoms with E-state index in [1.807, 2.05) is 0 Å². The van der Waals surface area contributed by atoms with E-state index in [2.05, 4.69) is 5.10 Å². The minimum Gasteiger partial charge on any atom is -0.397 e. The number of nitrogen functional groups attached to an aromatic ring is 1. The van der Waals surface area contributed by atoms with Crippen LogP contribution in [0, 0.1) is 12.7 Å². The lowest BCUT2D eigenvalue weighted by molar-refractivity contribution is 0.639. The predicted molar refractivity (Wildman–Crippen MR) is 49.8 cm³/mol. The Hall–Kier alpha value is -1.58. The monoisotopic (exact) mass is 179 g/mol. The van der Waals surface area contributed by atoms with E-state index in [4.69, 9.17) is 5.73 Å². The zero-order chi connectivity index (χ0) is 9.59. The van der Waals surface area contributed by atoms with Gasteiger partial charge in [0.05, 0.1) is 22.3 Å². The van der Waals surface area contributed by atoms with Crippen LogP contribution in [0.5, 0.6) is 0 Å². The minimum absolute atomic E-state index is 0.269. The molecule has 0 radical (unpaired) electrons. The fraction of sp³-hybridized carbons (Fsp3) is 0.222. The van der Waals surface area contributed by atoms with Crippen molar-refractivity contribution in [1.29, 1.82) is 0 Å². The standard InChI is InChI=1S/C9H10FN3/c1-5-8-6(10)3-4-7(11)9(8)13(2)12-5/h3-4H,11H2,1-2H3. The van der Waals surface area contributed by atoms with Crippen LogP contribution in [0.25, 0.3) is 10.9 Å². The lowest BCUT2D eigenvalue weighted by Gasteiger charge is -1.99. The van der Waals surface area contributed by atoms with Crippen molar-refractivity contribution in [3.63, 3.8) is 0 Å². The maximum Gasteiger partial charge on any atom is 0.134 e. The molecule has 0 saturated heterocycles. The normalized spacial score (nSPS) is 11.0. The van der Waals surface area contributed by atoms with E-state index in [0.717, 1.165) is 0 Å². The van der Waals surface area contributed by atoms with Gasteiger partial charge in [-0.3, -0.25) is 4.68 Å². The van der Waals surface area contributed by atoms with Gasteiger partial charge in [-0.05, 0) is 19.1 Å². The third kappa shape index (κ3) is 0.983. The fourth-order valence-corrected chi connectivity index (χ4v) is 1.60. The topological polar surface area (TPSA) is 43.8 Å². The van der Waals surface area contributed by atoms with Crippen LogP contribution in [-0.2, 0) is 7.05 Å². The van der Waals surface area contributed by atoms with Crippen LogP contribution in [0.3, 0.4) is 0 Å². The van der Waals surface area contributed by atoms with Gasteiger partial charge in [0.2, 0.25) is 0 Å². The molecule has 2 rings (SSSR count). The van der Waals surface area contributed by atoms with Crippen LogP contribution >= 0.6 is 0 Å². The van der Waals surface area contributed by atoms with E-state index in [-0.39, 0.29) is 5.82 Å². The van der Waals surface area contributed by atoms with Crippen molar-refractivity contribution < 1.29 is 4.39 Å². The van der Waals surface area contributed by atoms with Gasteiger partial charge in [0.1, 0.15) is 5.82 Å². The molecule has 1 aromatic carbocycles. The van der Waals surface area contributed by atoms with Crippen molar-refractivity contribution in [2.24, 2.45) is 7.05 Å². The van der Waals surface area contributed by atoms with Crippen LogP contribution in [0.2, 0.25) is 0 Å². The summed E-state index contributed by atoms with van der Waals surface area (Å²) in [5.74, 6) is -0.269. The van der Waals surface area contributed by atoms with Gasteiger partial charge in [0, 0.05) is 7.05 Å². The van der Waals surface area contributed by atoms with Crippen molar-refractivity contribution >= 4 is 16.6 Å². The Balaban J connectivity index is 3.03. The number of halogens is 1. The lowest BCUT2D eigenvalue weighted by atomic mass is 10.2. The molecule has 0 spiro atoms. The zero-order valence-corrected chi connectivity index (χ0v) is 7.50. The molecule has 0 amide bonds. The molecule has 68 valence electrons. The summed E-state index contributed by atoms with van der Waals surface area (Å²) in [5.41, 5.74) is 7.60. The van der Waals surface area contributed by atoms with E-state index in [1.165, 1.54) is 6.07 Å². The zero-order valence-electron chi connectivity index (χ0n) is 7.50. The summed E-state index contributed by atoms with van der Waals surface area (Å²) in [6.07, 6.45) is 0. The molecule has 0 aliphatic rings. The quantitative estimate of drug-likeness (QED) is 0.624. The Labute approximate surface area is 75.0 Å². The van der Waals surface area contributed by atoms with Crippen LogP contribution in [-0.4, -0.2) is 9.78 Å². The summed E-state index contributed by atoms with van der Waals surface area (Å²) >= 11 is 0. The number of fused-ring (bicyclic) bond motifs is 1. The molecule has 4 heteroatoms. The Kier molecular flexibility index (Phi) is 1.52. The highest BCUT2D eigenvalue weighted by Gasteiger charge is 2.11. The highest BCUT2D eigenvalue weighted by atomic mass is 19.1. The first-order valence-electron chi connectivity index (χ1n) is 3.98. The summed E-state index contributed by atoms with van der Waals surface area (Å²) in [4.78, 5) is 0. The number of hydrogen-bond acceptors (Lipinski definition) is 2. The Bertz CT molecular complexity index is 431. The van der Waals surface area contributed by atoms with Gasteiger partial charge in [-0.2, -0.15) is 5.10 Å². The molecule has 0 fully saturated rings. The number of aryl methyl sites for hydroxylation is 2. The molecule has 13 heavy (non-hydrogen) atoms. The highest BCUT2D eigenvalue weighted by Crippen LogP contribution is 2.25. The van der Waals surface area contributed by atoms with Gasteiger partial charge in [0.15, 0.2) is 0 Å². The molecule has 1 aromatic heterocycles. The van der Waals surface area contributed by atoms with Crippen LogP contribution < -0.4 is 5.73 Å². The lowest BCUT2D eigenvalue weighted by Crippen LogP contribution is -1.94. The Morgan fingerprint density at radius 3 is 2.77 bits per heavy atom. The molecule has 0 unspecified atom stereocenters. The highest BCUT2D eigenvalue weighted by molar-refractivity contribution is 5.92. The SMILES string of the molecule is Cc1nn(C)c2c(N)ccc(F)c12. The smallest absolute Gasteiger partial charge is 0.134 e. The third-order valence-electron chi connectivity index (χ3n) is 2.14. The number of nitrogens with two attached hydrogens (primary N) is 1. The van der Waals surface area contributed by atoms with E-state index in [0.29, 0.717) is 22.3 Å². The number of rotatable bonds is 0. The maximum absolute atomic E-state index is 13.3. The first-order chi connectivity index (χ1) is 6.11. The molecule has 0 aliphatic carbocycles. The number of benzene rings is 1. The molecule has 2 N–H and O–H groups in total. The molecule has 0 bridgehead atoms. The average Bonchev–Trinajstić information content (AvgIpc) is 2.36. The van der Waals surface area contributed by atoms with Gasteiger partial charge in [0.25, 0.3) is 0 Å². The van der Waals surface area contributed by atoms with Crippen molar-refractivity contribution in [2.75, 3.05) is 5.73 Å². The largest absolute Gasteiger partial charge is 0.397 e. The van der Waals surface area contributed by atoms with Gasteiger partial charge in [-0.1, -0.05) is 0 Å². The van der Waals surface area contributed by atoms with E-state index < -0.39 is 0 Å². The van der Waals surface area contributed by atoms with Crippen molar-refractivity contribution in [3.05, 3.63) is 23.6 Å².